The number of aliphatic hydroxyl groups excluding tert-OH is 3. The van der Waals surface area contributed by atoms with E-state index in [0.717, 1.165) is 18.2 Å². The lowest BCUT2D eigenvalue weighted by Gasteiger charge is -2.34. The third-order valence-corrected chi connectivity index (χ3v) is 4.85. The van der Waals surface area contributed by atoms with Gasteiger partial charge in [0.2, 0.25) is 12.0 Å². The Morgan fingerprint density at radius 3 is 2.19 bits per heavy atom. The number of ether oxygens (including phenoxy) is 2. The summed E-state index contributed by atoms with van der Waals surface area (Å²) in [5.41, 5.74) is 0.0332. The molecule has 0 aliphatic carbocycles. The summed E-state index contributed by atoms with van der Waals surface area (Å²) >= 11 is 0. The van der Waals surface area contributed by atoms with Crippen LogP contribution < -0.4 is 4.74 Å². The van der Waals surface area contributed by atoms with Gasteiger partial charge in [-0.15, -0.1) is 0 Å². The van der Waals surface area contributed by atoms with Crippen LogP contribution in [0.4, 0.5) is 0 Å². The molecule has 0 bridgehead atoms. The zero-order chi connectivity index (χ0) is 22.4. The van der Waals surface area contributed by atoms with Gasteiger partial charge in [-0.2, -0.15) is 0 Å². The van der Waals surface area contributed by atoms with Gasteiger partial charge < -0.3 is 50.3 Å². The SMILES string of the molecule is Oc1cc(O)c2cc(O[C@@H]3OC[C@H](O)[C@H](O)[C@H]3O)c(-c3cc(O)c(O)c(O)c3)[o+]c2c1. The molecule has 11 nitrogen and oxygen atoms in total. The Hall–Kier alpha value is -3.51. The molecule has 1 aromatic heterocycles. The largest absolute Gasteiger partial charge is 0.507 e. The van der Waals surface area contributed by atoms with Crippen molar-refractivity contribution in [3.63, 3.8) is 0 Å². The van der Waals surface area contributed by atoms with E-state index in [2.05, 4.69) is 0 Å². The number of phenolic OH excluding ortho intramolecular Hbond substituents is 5. The lowest BCUT2D eigenvalue weighted by atomic mass is 10.1. The van der Waals surface area contributed by atoms with E-state index in [1.807, 2.05) is 0 Å². The van der Waals surface area contributed by atoms with Gasteiger partial charge in [0, 0.05) is 24.3 Å². The molecule has 2 heterocycles. The van der Waals surface area contributed by atoms with Crippen molar-refractivity contribution in [2.24, 2.45) is 0 Å². The van der Waals surface area contributed by atoms with Crippen molar-refractivity contribution in [3.8, 4) is 45.8 Å². The zero-order valence-corrected chi connectivity index (χ0v) is 15.7. The fraction of sp³-hybridized carbons (Fsp3) is 0.250. The lowest BCUT2D eigenvalue weighted by molar-refractivity contribution is -0.242. The Kier molecular flexibility index (Phi) is 5.11. The van der Waals surface area contributed by atoms with Crippen LogP contribution in [-0.2, 0) is 4.74 Å². The van der Waals surface area contributed by atoms with Crippen molar-refractivity contribution in [2.45, 2.75) is 24.6 Å². The van der Waals surface area contributed by atoms with Gasteiger partial charge in [0.05, 0.1) is 18.2 Å². The summed E-state index contributed by atoms with van der Waals surface area (Å²) in [7, 11) is 0. The van der Waals surface area contributed by atoms with Gasteiger partial charge in [-0.05, 0) is 0 Å². The molecule has 31 heavy (non-hydrogen) atoms. The van der Waals surface area contributed by atoms with E-state index in [0.29, 0.717) is 0 Å². The number of benzene rings is 2. The van der Waals surface area contributed by atoms with Crippen LogP contribution in [0.3, 0.4) is 0 Å². The molecule has 0 amide bonds. The second kappa shape index (κ2) is 7.63. The summed E-state index contributed by atoms with van der Waals surface area (Å²) < 4.78 is 16.6. The number of hydrogen-bond donors (Lipinski definition) is 8. The van der Waals surface area contributed by atoms with Crippen molar-refractivity contribution in [3.05, 3.63) is 30.3 Å². The predicted octanol–water partition coefficient (Wildman–Crippen LogP) is 0.727. The third kappa shape index (κ3) is 3.70. The van der Waals surface area contributed by atoms with Gasteiger partial charge in [0.25, 0.3) is 0 Å². The van der Waals surface area contributed by atoms with Crippen LogP contribution in [-0.4, -0.2) is 72.1 Å². The number of aliphatic hydroxyl groups is 3. The molecule has 1 saturated heterocycles. The Balaban J connectivity index is 1.87. The minimum Gasteiger partial charge on any atom is -0.507 e. The molecule has 11 heteroatoms. The van der Waals surface area contributed by atoms with Crippen LogP contribution in [0, 0.1) is 0 Å². The highest BCUT2D eigenvalue weighted by molar-refractivity contribution is 5.88. The first-order chi connectivity index (χ1) is 14.7. The Labute approximate surface area is 173 Å². The van der Waals surface area contributed by atoms with Gasteiger partial charge in [-0.1, -0.05) is 0 Å². The molecular weight excluding hydrogens is 416 g/mol. The highest BCUT2D eigenvalue weighted by atomic mass is 16.7. The molecule has 3 aromatic rings. The molecular formula is C20H19O11+. The summed E-state index contributed by atoms with van der Waals surface area (Å²) in [6.45, 7) is -0.330. The van der Waals surface area contributed by atoms with Crippen molar-refractivity contribution in [1.82, 2.24) is 0 Å². The van der Waals surface area contributed by atoms with Gasteiger partial charge >= 0.3 is 11.3 Å². The minimum atomic E-state index is -1.64. The van der Waals surface area contributed by atoms with E-state index in [-0.39, 0.29) is 46.1 Å². The molecule has 164 valence electrons. The third-order valence-electron chi connectivity index (χ3n) is 4.85. The van der Waals surface area contributed by atoms with Crippen LogP contribution in [0.1, 0.15) is 0 Å². The average molecular weight is 435 g/mol. The first-order valence-electron chi connectivity index (χ1n) is 9.06. The number of aromatic hydroxyl groups is 5. The molecule has 4 rings (SSSR count). The molecule has 0 unspecified atom stereocenters. The second-order valence-corrected chi connectivity index (χ2v) is 7.05. The molecule has 1 aliphatic heterocycles. The minimum absolute atomic E-state index is 0.00692. The first kappa shape index (κ1) is 20.8. The zero-order valence-electron chi connectivity index (χ0n) is 15.7. The summed E-state index contributed by atoms with van der Waals surface area (Å²) in [6, 6.07) is 5.68. The summed E-state index contributed by atoms with van der Waals surface area (Å²) in [5, 5.41) is 79.0. The maximum Gasteiger partial charge on any atom is 0.402 e. The first-order valence-corrected chi connectivity index (χ1v) is 9.06. The van der Waals surface area contributed by atoms with Crippen LogP contribution in [0.15, 0.2) is 34.7 Å². The standard InChI is InChI=1S/C20H18O11/c21-8-3-10(22)9-5-15(31-20-18(28)17(27)13(25)6-29-20)19(30-14(9)4-8)7-1-11(23)16(26)12(24)2-7/h1-5,13,17-18,20,25,27-28H,6H2,(H4-,21,22,23,24,26)/p+1/t13-,17-,18+,20-/m0/s1. The van der Waals surface area contributed by atoms with E-state index in [1.54, 1.807) is 0 Å². The molecule has 0 spiro atoms. The quantitative estimate of drug-likeness (QED) is 0.214. The van der Waals surface area contributed by atoms with Crippen LogP contribution in [0.25, 0.3) is 22.3 Å². The highest BCUT2D eigenvalue weighted by Crippen LogP contribution is 2.44. The van der Waals surface area contributed by atoms with Crippen LogP contribution in [0.5, 0.6) is 34.5 Å². The second-order valence-electron chi connectivity index (χ2n) is 7.05. The van der Waals surface area contributed by atoms with Crippen LogP contribution in [0.2, 0.25) is 0 Å². The van der Waals surface area contributed by atoms with Crippen LogP contribution >= 0.6 is 0 Å². The van der Waals surface area contributed by atoms with Gasteiger partial charge in [-0.25, -0.2) is 4.42 Å². The van der Waals surface area contributed by atoms with Gasteiger partial charge in [0.1, 0.15) is 35.2 Å². The molecule has 8 N–H and O–H groups in total. The number of phenols is 5. The van der Waals surface area contributed by atoms with Gasteiger partial charge in [-0.3, -0.25) is 0 Å². The van der Waals surface area contributed by atoms with Crippen molar-refractivity contribution < 1.29 is 54.7 Å². The van der Waals surface area contributed by atoms with Crippen molar-refractivity contribution in [2.75, 3.05) is 6.61 Å². The molecule has 1 fully saturated rings. The normalized spacial score (nSPS) is 23.7. The van der Waals surface area contributed by atoms with E-state index in [1.165, 1.54) is 12.1 Å². The van der Waals surface area contributed by atoms with Gasteiger partial charge in [0.15, 0.2) is 17.2 Å². The topological polar surface area (TPSA) is 192 Å². The molecule has 4 atom stereocenters. The predicted molar refractivity (Wildman–Crippen MR) is 103 cm³/mol. The Morgan fingerprint density at radius 2 is 1.52 bits per heavy atom. The van der Waals surface area contributed by atoms with E-state index in [9.17, 15) is 40.9 Å². The van der Waals surface area contributed by atoms with E-state index >= 15 is 0 Å². The fourth-order valence-electron chi connectivity index (χ4n) is 3.22. The smallest absolute Gasteiger partial charge is 0.402 e. The maximum atomic E-state index is 10.2. The fourth-order valence-corrected chi connectivity index (χ4v) is 3.22. The number of fused-ring (bicyclic) bond motifs is 1. The Morgan fingerprint density at radius 1 is 0.839 bits per heavy atom. The monoisotopic (exact) mass is 435 g/mol. The molecule has 2 aromatic carbocycles. The van der Waals surface area contributed by atoms with E-state index in [4.69, 9.17) is 13.9 Å². The van der Waals surface area contributed by atoms with E-state index < -0.39 is 41.9 Å². The molecule has 0 radical (unpaired) electrons. The average Bonchev–Trinajstić information content (AvgIpc) is 2.72. The molecule has 1 aliphatic rings. The summed E-state index contributed by atoms with van der Waals surface area (Å²) in [6.07, 6.45) is -5.95. The van der Waals surface area contributed by atoms with Crippen molar-refractivity contribution in [1.29, 1.82) is 0 Å². The Bertz CT molecular complexity index is 1120. The highest BCUT2D eigenvalue weighted by Gasteiger charge is 2.40. The maximum absolute atomic E-state index is 10.2. The van der Waals surface area contributed by atoms with Crippen molar-refractivity contribution >= 4 is 11.0 Å². The number of hydrogen-bond acceptors (Lipinski definition) is 10. The summed E-state index contributed by atoms with van der Waals surface area (Å²) in [5.74, 6) is -3.03. The lowest BCUT2D eigenvalue weighted by Crippen LogP contribution is -2.54. The summed E-state index contributed by atoms with van der Waals surface area (Å²) in [4.78, 5) is 0. The molecule has 0 saturated carbocycles. The number of rotatable bonds is 3.